The number of carbonyl (C=O) groups excluding carboxylic acids is 2. The molecule has 2 rings (SSSR count). The molecule has 0 aliphatic carbocycles. The fourth-order valence-electron chi connectivity index (χ4n) is 3.24. The predicted octanol–water partition coefficient (Wildman–Crippen LogP) is 4.80. The van der Waals surface area contributed by atoms with Crippen LogP contribution in [0, 0.1) is 5.41 Å². The molecular weight excluding hydrogens is 472 g/mol. The Kier molecular flexibility index (Phi) is 11.8. The molecule has 0 saturated heterocycles. The first-order chi connectivity index (χ1) is 17.3. The molecule has 0 heterocycles. The van der Waals surface area contributed by atoms with Gasteiger partial charge in [0, 0.05) is 6.42 Å². The van der Waals surface area contributed by atoms with Gasteiger partial charge in [-0.05, 0) is 24.0 Å². The molecule has 2 aromatic rings. The number of carboxylic acid groups (broad SMARTS) is 2. The van der Waals surface area contributed by atoms with Crippen LogP contribution in [-0.4, -0.2) is 47.7 Å². The van der Waals surface area contributed by atoms with E-state index in [-0.39, 0.29) is 26.1 Å². The van der Waals surface area contributed by atoms with Gasteiger partial charge in [-0.3, -0.25) is 9.59 Å². The van der Waals surface area contributed by atoms with E-state index in [0.29, 0.717) is 19.3 Å². The van der Waals surface area contributed by atoms with E-state index in [4.69, 9.17) is 24.1 Å². The van der Waals surface area contributed by atoms with Crippen molar-refractivity contribution in [3.8, 4) is 0 Å². The molecule has 0 aliphatic rings. The van der Waals surface area contributed by atoms with Gasteiger partial charge in [-0.2, -0.15) is 0 Å². The minimum absolute atomic E-state index is 0.0279. The van der Waals surface area contributed by atoms with Crippen molar-refractivity contribution >= 4 is 24.2 Å². The topological polar surface area (TPSA) is 146 Å². The van der Waals surface area contributed by atoms with Crippen LogP contribution in [-0.2, 0) is 41.8 Å². The minimum Gasteiger partial charge on any atom is -0.481 e. The molecule has 0 amide bonds. The molecule has 0 spiro atoms. The summed E-state index contributed by atoms with van der Waals surface area (Å²) >= 11 is 0. The molecule has 10 heteroatoms. The fraction of sp³-hybridized carbons (Fsp3) is 0.385. The standard InChI is InChI=1S/C26H30O10/c27-22(28)14-8-3-9-15-26(23(29)30,18-35-24(31)33-16-20-10-4-1-5-11-20)19-36-25(32)34-17-21-12-6-2-7-13-21/h1-2,4-7,10-13H,3,8-9,14-19H2,(H,27,28)(H,29,30). The highest BCUT2D eigenvalue weighted by atomic mass is 16.7. The van der Waals surface area contributed by atoms with Crippen molar-refractivity contribution in [2.24, 2.45) is 5.41 Å². The summed E-state index contributed by atoms with van der Waals surface area (Å²) < 4.78 is 20.2. The second-order valence-corrected chi connectivity index (χ2v) is 8.17. The van der Waals surface area contributed by atoms with E-state index in [9.17, 15) is 24.3 Å². The Balaban J connectivity index is 1.95. The second-order valence-electron chi connectivity index (χ2n) is 8.17. The van der Waals surface area contributed by atoms with Crippen molar-refractivity contribution in [1.82, 2.24) is 0 Å². The first-order valence-corrected chi connectivity index (χ1v) is 11.4. The Morgan fingerprint density at radius 1 is 0.639 bits per heavy atom. The van der Waals surface area contributed by atoms with Crippen molar-refractivity contribution in [3.05, 3.63) is 71.8 Å². The summed E-state index contributed by atoms with van der Waals surface area (Å²) in [5.41, 5.74) is -0.315. The van der Waals surface area contributed by atoms with E-state index in [1.54, 1.807) is 48.5 Å². The maximum absolute atomic E-state index is 12.2. The van der Waals surface area contributed by atoms with Crippen LogP contribution in [0.5, 0.6) is 0 Å². The van der Waals surface area contributed by atoms with Gasteiger partial charge in [-0.15, -0.1) is 0 Å². The van der Waals surface area contributed by atoms with E-state index < -0.39 is 42.9 Å². The molecule has 36 heavy (non-hydrogen) atoms. The van der Waals surface area contributed by atoms with Crippen molar-refractivity contribution < 1.29 is 48.3 Å². The third-order valence-corrected chi connectivity index (χ3v) is 5.33. The summed E-state index contributed by atoms with van der Waals surface area (Å²) in [7, 11) is 0. The number of benzene rings is 2. The van der Waals surface area contributed by atoms with E-state index in [2.05, 4.69) is 0 Å². The quantitative estimate of drug-likeness (QED) is 0.257. The van der Waals surface area contributed by atoms with Gasteiger partial charge in [-0.1, -0.05) is 73.5 Å². The molecular formula is C26H30O10. The van der Waals surface area contributed by atoms with E-state index in [1.165, 1.54) is 0 Å². The van der Waals surface area contributed by atoms with Gasteiger partial charge >= 0.3 is 24.2 Å². The second kappa shape index (κ2) is 15.0. The van der Waals surface area contributed by atoms with Crippen LogP contribution < -0.4 is 0 Å². The SMILES string of the molecule is O=C(O)CCCCCC(COC(=O)OCc1ccccc1)(COC(=O)OCc1ccccc1)C(=O)O. The Morgan fingerprint density at radius 3 is 1.53 bits per heavy atom. The number of carbonyl (C=O) groups is 4. The summed E-state index contributed by atoms with van der Waals surface area (Å²) in [6.45, 7) is -1.34. The maximum atomic E-state index is 12.2. The zero-order valence-corrected chi connectivity index (χ0v) is 19.8. The molecule has 0 saturated carbocycles. The highest BCUT2D eigenvalue weighted by Crippen LogP contribution is 2.28. The average molecular weight is 503 g/mol. The lowest BCUT2D eigenvalue weighted by molar-refractivity contribution is -0.156. The molecule has 0 aromatic heterocycles. The number of rotatable bonds is 15. The summed E-state index contributed by atoms with van der Waals surface area (Å²) in [6, 6.07) is 17.7. The third-order valence-electron chi connectivity index (χ3n) is 5.33. The van der Waals surface area contributed by atoms with Crippen LogP contribution in [0.25, 0.3) is 0 Å². The minimum atomic E-state index is -1.76. The molecule has 2 N–H and O–H groups in total. The monoisotopic (exact) mass is 502 g/mol. The molecule has 10 nitrogen and oxygen atoms in total. The van der Waals surface area contributed by atoms with Crippen LogP contribution in [0.1, 0.15) is 43.2 Å². The van der Waals surface area contributed by atoms with Gasteiger partial charge in [0.15, 0.2) is 0 Å². The van der Waals surface area contributed by atoms with Crippen LogP contribution >= 0.6 is 0 Å². The molecule has 0 fully saturated rings. The zero-order chi connectivity index (χ0) is 26.2. The Hall–Kier alpha value is -4.08. The lowest BCUT2D eigenvalue weighted by Crippen LogP contribution is -2.42. The number of carboxylic acids is 2. The van der Waals surface area contributed by atoms with Crippen LogP contribution in [0.4, 0.5) is 9.59 Å². The van der Waals surface area contributed by atoms with Crippen molar-refractivity contribution in [1.29, 1.82) is 0 Å². The number of ether oxygens (including phenoxy) is 4. The number of aliphatic carboxylic acids is 2. The summed E-state index contributed by atoms with van der Waals surface area (Å²) in [5, 5.41) is 18.7. The molecule has 2 aromatic carbocycles. The Labute approximate surface area is 208 Å². The van der Waals surface area contributed by atoms with Crippen LogP contribution in [0.3, 0.4) is 0 Å². The highest BCUT2D eigenvalue weighted by molar-refractivity contribution is 5.76. The molecule has 0 aliphatic heterocycles. The lowest BCUT2D eigenvalue weighted by Gasteiger charge is -2.28. The Bertz CT molecular complexity index is 915. The predicted molar refractivity (Wildman–Crippen MR) is 126 cm³/mol. The lowest BCUT2D eigenvalue weighted by atomic mass is 9.84. The van der Waals surface area contributed by atoms with E-state index in [0.717, 1.165) is 11.1 Å². The number of unbranched alkanes of at least 4 members (excludes halogenated alkanes) is 2. The van der Waals surface area contributed by atoms with Gasteiger partial charge in [0.25, 0.3) is 0 Å². The van der Waals surface area contributed by atoms with Crippen LogP contribution in [0.2, 0.25) is 0 Å². The van der Waals surface area contributed by atoms with Gasteiger partial charge in [0.05, 0.1) is 0 Å². The average Bonchev–Trinajstić information content (AvgIpc) is 2.88. The van der Waals surface area contributed by atoms with E-state index in [1.807, 2.05) is 12.1 Å². The Morgan fingerprint density at radius 2 is 1.11 bits per heavy atom. The first kappa shape index (κ1) is 28.2. The van der Waals surface area contributed by atoms with Gasteiger partial charge in [0.2, 0.25) is 0 Å². The number of hydrogen-bond donors (Lipinski definition) is 2. The maximum Gasteiger partial charge on any atom is 0.508 e. The first-order valence-electron chi connectivity index (χ1n) is 11.4. The molecule has 0 atom stereocenters. The van der Waals surface area contributed by atoms with E-state index >= 15 is 0 Å². The molecule has 0 radical (unpaired) electrons. The van der Waals surface area contributed by atoms with Crippen molar-refractivity contribution in [2.45, 2.75) is 45.3 Å². The van der Waals surface area contributed by atoms with Crippen LogP contribution in [0.15, 0.2) is 60.7 Å². The molecule has 194 valence electrons. The summed E-state index contributed by atoms with van der Waals surface area (Å²) in [4.78, 5) is 47.1. The summed E-state index contributed by atoms with van der Waals surface area (Å²) in [6.07, 6.45) is -1.12. The van der Waals surface area contributed by atoms with Crippen molar-refractivity contribution in [2.75, 3.05) is 13.2 Å². The van der Waals surface area contributed by atoms with Gasteiger partial charge in [-0.25, -0.2) is 9.59 Å². The summed E-state index contributed by atoms with van der Waals surface area (Å²) in [5.74, 6) is -2.29. The molecule has 0 unspecified atom stereocenters. The normalized spacial score (nSPS) is 10.8. The fourth-order valence-corrected chi connectivity index (χ4v) is 3.24. The van der Waals surface area contributed by atoms with Gasteiger partial charge < -0.3 is 29.2 Å². The molecule has 0 bridgehead atoms. The highest BCUT2D eigenvalue weighted by Gasteiger charge is 2.42. The van der Waals surface area contributed by atoms with Crippen molar-refractivity contribution in [3.63, 3.8) is 0 Å². The number of hydrogen-bond acceptors (Lipinski definition) is 8. The smallest absolute Gasteiger partial charge is 0.481 e. The van der Waals surface area contributed by atoms with Gasteiger partial charge in [0.1, 0.15) is 31.8 Å². The zero-order valence-electron chi connectivity index (χ0n) is 19.8. The largest absolute Gasteiger partial charge is 0.508 e. The third kappa shape index (κ3) is 10.5.